The summed E-state index contributed by atoms with van der Waals surface area (Å²) in [7, 11) is 0. The van der Waals surface area contributed by atoms with E-state index in [1.807, 2.05) is 6.92 Å². The molecule has 4 nitrogen and oxygen atoms in total. The summed E-state index contributed by atoms with van der Waals surface area (Å²) in [6, 6.07) is 0. The standard InChI is InChI=1S/C11H18O4/c1-2-15-11-9(6-13)3-8(5-12)4-10(11)7-14/h3,10,12-14H,2,4-7H2,1H3. The van der Waals surface area contributed by atoms with Gasteiger partial charge in [-0.1, -0.05) is 6.08 Å². The summed E-state index contributed by atoms with van der Waals surface area (Å²) in [5.41, 5.74) is 1.48. The van der Waals surface area contributed by atoms with Crippen LogP contribution in [0.15, 0.2) is 23.0 Å². The van der Waals surface area contributed by atoms with E-state index in [-0.39, 0.29) is 25.7 Å². The Balaban J connectivity index is 2.96. The molecule has 15 heavy (non-hydrogen) atoms. The highest BCUT2D eigenvalue weighted by Gasteiger charge is 2.24. The van der Waals surface area contributed by atoms with Gasteiger partial charge in [0.1, 0.15) is 5.76 Å². The molecule has 1 aliphatic rings. The van der Waals surface area contributed by atoms with Crippen LogP contribution >= 0.6 is 0 Å². The van der Waals surface area contributed by atoms with Gasteiger partial charge in [-0.15, -0.1) is 0 Å². The van der Waals surface area contributed by atoms with Crippen molar-refractivity contribution in [3.63, 3.8) is 0 Å². The van der Waals surface area contributed by atoms with Crippen molar-refractivity contribution in [3.05, 3.63) is 23.0 Å². The van der Waals surface area contributed by atoms with Gasteiger partial charge in [-0.05, 0) is 18.9 Å². The topological polar surface area (TPSA) is 69.9 Å². The van der Waals surface area contributed by atoms with Crippen LogP contribution in [-0.4, -0.2) is 41.7 Å². The fourth-order valence-electron chi connectivity index (χ4n) is 1.80. The molecule has 0 fully saturated rings. The van der Waals surface area contributed by atoms with Crippen LogP contribution in [0.3, 0.4) is 0 Å². The lowest BCUT2D eigenvalue weighted by Gasteiger charge is -2.25. The maximum Gasteiger partial charge on any atom is 0.107 e. The lowest BCUT2D eigenvalue weighted by Crippen LogP contribution is -2.20. The summed E-state index contributed by atoms with van der Waals surface area (Å²) in [5.74, 6) is 0.513. The number of aliphatic hydroxyl groups is 3. The van der Waals surface area contributed by atoms with Gasteiger partial charge in [0.05, 0.1) is 26.4 Å². The summed E-state index contributed by atoms with van der Waals surface area (Å²) in [6.45, 7) is 2.17. The van der Waals surface area contributed by atoms with Crippen molar-refractivity contribution in [2.24, 2.45) is 5.92 Å². The first kappa shape index (κ1) is 12.2. The monoisotopic (exact) mass is 214 g/mol. The van der Waals surface area contributed by atoms with Gasteiger partial charge >= 0.3 is 0 Å². The molecule has 1 unspecified atom stereocenters. The van der Waals surface area contributed by atoms with Gasteiger partial charge in [-0.2, -0.15) is 0 Å². The van der Waals surface area contributed by atoms with Crippen LogP contribution in [0.4, 0.5) is 0 Å². The van der Waals surface area contributed by atoms with Crippen LogP contribution in [0.2, 0.25) is 0 Å². The van der Waals surface area contributed by atoms with E-state index in [2.05, 4.69) is 0 Å². The van der Waals surface area contributed by atoms with Gasteiger partial charge in [0.25, 0.3) is 0 Å². The maximum absolute atomic E-state index is 9.21. The maximum atomic E-state index is 9.21. The molecule has 86 valence electrons. The van der Waals surface area contributed by atoms with Crippen LogP contribution in [0, 0.1) is 5.92 Å². The number of ether oxygens (including phenoxy) is 1. The zero-order chi connectivity index (χ0) is 11.3. The highest BCUT2D eigenvalue weighted by Crippen LogP contribution is 2.29. The van der Waals surface area contributed by atoms with E-state index in [4.69, 9.17) is 14.9 Å². The Morgan fingerprint density at radius 3 is 2.53 bits per heavy atom. The highest BCUT2D eigenvalue weighted by molar-refractivity contribution is 5.33. The second kappa shape index (κ2) is 5.90. The quantitative estimate of drug-likeness (QED) is 0.611. The first-order valence-electron chi connectivity index (χ1n) is 5.14. The molecule has 0 heterocycles. The number of hydrogen-bond donors (Lipinski definition) is 3. The molecule has 0 aromatic heterocycles. The number of hydrogen-bond acceptors (Lipinski definition) is 4. The molecule has 0 spiro atoms. The molecule has 3 N–H and O–H groups in total. The summed E-state index contributed by atoms with van der Waals surface area (Å²) in [6.07, 6.45) is 2.34. The Morgan fingerprint density at radius 2 is 2.07 bits per heavy atom. The Hall–Kier alpha value is -0.840. The normalized spacial score (nSPS) is 21.6. The summed E-state index contributed by atoms with van der Waals surface area (Å²) < 4.78 is 5.42. The lowest BCUT2D eigenvalue weighted by molar-refractivity contribution is 0.138. The van der Waals surface area contributed by atoms with Gasteiger partial charge in [-0.25, -0.2) is 0 Å². The number of aliphatic hydroxyl groups excluding tert-OH is 3. The van der Waals surface area contributed by atoms with Gasteiger partial charge < -0.3 is 20.1 Å². The third-order valence-electron chi connectivity index (χ3n) is 2.47. The van der Waals surface area contributed by atoms with Crippen molar-refractivity contribution in [1.82, 2.24) is 0 Å². The van der Waals surface area contributed by atoms with E-state index >= 15 is 0 Å². The summed E-state index contributed by atoms with van der Waals surface area (Å²) in [4.78, 5) is 0. The van der Waals surface area contributed by atoms with E-state index in [0.29, 0.717) is 24.4 Å². The largest absolute Gasteiger partial charge is 0.497 e. The SMILES string of the molecule is CCOC1=C(CO)C=C(CO)CC1CO. The Kier molecular flexibility index (Phi) is 4.81. The highest BCUT2D eigenvalue weighted by atomic mass is 16.5. The summed E-state index contributed by atoms with van der Waals surface area (Å²) >= 11 is 0. The van der Waals surface area contributed by atoms with Gasteiger partial charge in [0, 0.05) is 11.5 Å². The van der Waals surface area contributed by atoms with Crippen LogP contribution in [-0.2, 0) is 4.74 Å². The Bertz CT molecular complexity index is 268. The lowest BCUT2D eigenvalue weighted by atomic mass is 9.89. The second-order valence-electron chi connectivity index (χ2n) is 3.52. The molecule has 0 amide bonds. The van der Waals surface area contributed by atoms with Gasteiger partial charge in [0.15, 0.2) is 0 Å². The fraction of sp³-hybridized carbons (Fsp3) is 0.636. The van der Waals surface area contributed by atoms with Crippen molar-refractivity contribution in [3.8, 4) is 0 Å². The Morgan fingerprint density at radius 1 is 1.33 bits per heavy atom. The zero-order valence-electron chi connectivity index (χ0n) is 8.94. The predicted octanol–water partition coefficient (Wildman–Crippen LogP) is 0.200. The van der Waals surface area contributed by atoms with Crippen LogP contribution < -0.4 is 0 Å². The molecule has 1 atom stereocenters. The van der Waals surface area contributed by atoms with Crippen molar-refractivity contribution < 1.29 is 20.1 Å². The molecule has 1 rings (SSSR count). The molecule has 4 heteroatoms. The van der Waals surface area contributed by atoms with Crippen molar-refractivity contribution in [2.45, 2.75) is 13.3 Å². The first-order valence-corrected chi connectivity index (χ1v) is 5.14. The average Bonchev–Trinajstić information content (AvgIpc) is 2.29. The minimum absolute atomic E-state index is 0.0316. The first-order chi connectivity index (χ1) is 7.26. The molecule has 0 aliphatic heterocycles. The van der Waals surface area contributed by atoms with Crippen LogP contribution in [0.1, 0.15) is 13.3 Å². The van der Waals surface area contributed by atoms with Gasteiger partial charge in [-0.3, -0.25) is 0 Å². The van der Waals surface area contributed by atoms with Crippen LogP contribution in [0.25, 0.3) is 0 Å². The minimum Gasteiger partial charge on any atom is -0.497 e. The molecule has 0 aromatic rings. The van der Waals surface area contributed by atoms with E-state index < -0.39 is 0 Å². The molecule has 0 saturated heterocycles. The molecule has 1 aliphatic carbocycles. The summed E-state index contributed by atoms with van der Waals surface area (Å²) in [5, 5.41) is 27.4. The minimum atomic E-state index is -0.140. The fourth-order valence-corrected chi connectivity index (χ4v) is 1.80. The van der Waals surface area contributed by atoms with E-state index in [0.717, 1.165) is 5.57 Å². The molecule has 0 radical (unpaired) electrons. The predicted molar refractivity (Wildman–Crippen MR) is 56.1 cm³/mol. The smallest absolute Gasteiger partial charge is 0.107 e. The van der Waals surface area contributed by atoms with Crippen molar-refractivity contribution in [1.29, 1.82) is 0 Å². The van der Waals surface area contributed by atoms with Crippen molar-refractivity contribution in [2.75, 3.05) is 26.4 Å². The third kappa shape index (κ3) is 2.81. The molecule has 0 saturated carbocycles. The van der Waals surface area contributed by atoms with E-state index in [1.165, 1.54) is 0 Å². The van der Waals surface area contributed by atoms with E-state index in [9.17, 15) is 5.11 Å². The van der Waals surface area contributed by atoms with Crippen LogP contribution in [0.5, 0.6) is 0 Å². The molecule has 0 bridgehead atoms. The molecule has 0 aromatic carbocycles. The zero-order valence-corrected chi connectivity index (χ0v) is 8.94. The average molecular weight is 214 g/mol. The second-order valence-corrected chi connectivity index (χ2v) is 3.52. The molecular formula is C11H18O4. The van der Waals surface area contributed by atoms with Gasteiger partial charge in [0.2, 0.25) is 0 Å². The Labute approximate surface area is 89.5 Å². The number of rotatable bonds is 5. The van der Waals surface area contributed by atoms with Crippen molar-refractivity contribution >= 4 is 0 Å². The molecular weight excluding hydrogens is 196 g/mol. The van der Waals surface area contributed by atoms with E-state index in [1.54, 1.807) is 6.08 Å². The third-order valence-corrected chi connectivity index (χ3v) is 2.47.